The number of β-amino-alcohol motifs (C(OH)–C–C–N with tert-alkyl or cyclic N) is 1. The number of hydrogen-bond acceptors (Lipinski definition) is 4. The van der Waals surface area contributed by atoms with Gasteiger partial charge in [-0.15, -0.1) is 0 Å². The van der Waals surface area contributed by atoms with E-state index in [1.807, 2.05) is 39.8 Å². The van der Waals surface area contributed by atoms with Crippen molar-refractivity contribution < 1.29 is 9.90 Å². The first-order valence-electron chi connectivity index (χ1n) is 8.14. The lowest BCUT2D eigenvalue weighted by atomic mass is 9.96. The van der Waals surface area contributed by atoms with Crippen LogP contribution in [0, 0.1) is 5.92 Å². The highest BCUT2D eigenvalue weighted by molar-refractivity contribution is 5.78. The van der Waals surface area contributed by atoms with Crippen molar-refractivity contribution in [1.82, 2.24) is 14.7 Å². The highest BCUT2D eigenvalue weighted by atomic mass is 16.3. The molecule has 1 rings (SSSR count). The number of carbonyl (C=O) groups excluding carboxylic acids is 1. The van der Waals surface area contributed by atoms with Crippen molar-refractivity contribution in [1.29, 1.82) is 0 Å². The zero-order chi connectivity index (χ0) is 16.0. The molecule has 1 heterocycles. The lowest BCUT2D eigenvalue weighted by molar-refractivity contribution is -0.132. The van der Waals surface area contributed by atoms with E-state index < -0.39 is 0 Å². The van der Waals surface area contributed by atoms with Crippen LogP contribution in [0.15, 0.2) is 0 Å². The molecule has 1 aliphatic rings. The number of carbonyl (C=O) groups is 1. The molecular formula is C16H33N3O2. The van der Waals surface area contributed by atoms with Crippen LogP contribution in [0.5, 0.6) is 0 Å². The number of likely N-dealkylation sites (tertiary alicyclic amines) is 1. The number of likely N-dealkylation sites (N-methyl/N-ethyl adjacent to an activating group) is 2. The van der Waals surface area contributed by atoms with Gasteiger partial charge >= 0.3 is 0 Å². The second-order valence-corrected chi connectivity index (χ2v) is 6.89. The van der Waals surface area contributed by atoms with Gasteiger partial charge in [0.25, 0.3) is 0 Å². The van der Waals surface area contributed by atoms with Gasteiger partial charge in [-0.05, 0) is 59.7 Å². The molecule has 0 spiro atoms. The maximum atomic E-state index is 12.1. The summed E-state index contributed by atoms with van der Waals surface area (Å²) >= 11 is 0. The summed E-state index contributed by atoms with van der Waals surface area (Å²) in [5, 5.41) is 9.42. The molecule has 1 N–H and O–H groups in total. The fourth-order valence-corrected chi connectivity index (χ4v) is 2.86. The standard InChI is InChI=1S/C16H33N3O2/c1-13(2)18(5)16(21)12-17(4)11-15-6-8-19(9-7-15)10-14(3)20/h13-15,20H,6-12H2,1-5H3. The van der Waals surface area contributed by atoms with Gasteiger partial charge in [0.2, 0.25) is 5.91 Å². The lowest BCUT2D eigenvalue weighted by Crippen LogP contribution is -2.43. The molecule has 1 amide bonds. The highest BCUT2D eigenvalue weighted by Gasteiger charge is 2.22. The van der Waals surface area contributed by atoms with Gasteiger partial charge in [0, 0.05) is 26.2 Å². The molecule has 1 aliphatic heterocycles. The van der Waals surface area contributed by atoms with E-state index in [-0.39, 0.29) is 18.1 Å². The first kappa shape index (κ1) is 18.4. The average Bonchev–Trinajstić information content (AvgIpc) is 2.39. The summed E-state index contributed by atoms with van der Waals surface area (Å²) < 4.78 is 0. The lowest BCUT2D eigenvalue weighted by Gasteiger charge is -2.34. The predicted molar refractivity (Wildman–Crippen MR) is 86.2 cm³/mol. The second-order valence-electron chi connectivity index (χ2n) is 6.89. The van der Waals surface area contributed by atoms with Gasteiger partial charge in [-0.25, -0.2) is 0 Å². The molecule has 1 saturated heterocycles. The maximum absolute atomic E-state index is 12.1. The molecule has 124 valence electrons. The molecule has 0 aromatic carbocycles. The minimum Gasteiger partial charge on any atom is -0.392 e. The van der Waals surface area contributed by atoms with Crippen molar-refractivity contribution in [3.05, 3.63) is 0 Å². The number of amides is 1. The zero-order valence-electron chi connectivity index (χ0n) is 14.4. The van der Waals surface area contributed by atoms with Crippen molar-refractivity contribution in [2.24, 2.45) is 5.92 Å². The Labute approximate surface area is 129 Å². The topological polar surface area (TPSA) is 47.0 Å². The quantitative estimate of drug-likeness (QED) is 0.758. The number of nitrogens with zero attached hydrogens (tertiary/aromatic N) is 3. The molecule has 1 atom stereocenters. The van der Waals surface area contributed by atoms with E-state index >= 15 is 0 Å². The fourth-order valence-electron chi connectivity index (χ4n) is 2.86. The summed E-state index contributed by atoms with van der Waals surface area (Å²) in [6, 6.07) is 0.259. The molecule has 0 aromatic rings. The minimum absolute atomic E-state index is 0.194. The Balaban J connectivity index is 2.27. The predicted octanol–water partition coefficient (Wildman–Crippen LogP) is 0.878. The van der Waals surface area contributed by atoms with Gasteiger partial charge in [-0.1, -0.05) is 0 Å². The van der Waals surface area contributed by atoms with Crippen molar-refractivity contribution in [2.75, 3.05) is 46.8 Å². The van der Waals surface area contributed by atoms with Crippen LogP contribution >= 0.6 is 0 Å². The van der Waals surface area contributed by atoms with E-state index in [1.54, 1.807) is 0 Å². The van der Waals surface area contributed by atoms with Gasteiger partial charge in [0.05, 0.1) is 12.6 Å². The Kier molecular flexibility index (Phi) is 7.63. The Morgan fingerprint density at radius 3 is 2.29 bits per heavy atom. The molecule has 0 radical (unpaired) electrons. The largest absolute Gasteiger partial charge is 0.392 e. The summed E-state index contributed by atoms with van der Waals surface area (Å²) in [7, 11) is 3.91. The van der Waals surface area contributed by atoms with E-state index in [0.717, 1.165) is 39.0 Å². The molecule has 21 heavy (non-hydrogen) atoms. The van der Waals surface area contributed by atoms with E-state index in [4.69, 9.17) is 0 Å². The van der Waals surface area contributed by atoms with Gasteiger partial charge in [0.15, 0.2) is 0 Å². The van der Waals surface area contributed by atoms with Crippen LogP contribution in [0.2, 0.25) is 0 Å². The first-order valence-corrected chi connectivity index (χ1v) is 8.14. The van der Waals surface area contributed by atoms with Crippen molar-refractivity contribution in [3.63, 3.8) is 0 Å². The molecule has 1 unspecified atom stereocenters. The molecule has 5 heteroatoms. The third-order valence-corrected chi connectivity index (χ3v) is 4.37. The molecule has 1 fully saturated rings. The normalized spacial score (nSPS) is 19.2. The maximum Gasteiger partial charge on any atom is 0.236 e. The van der Waals surface area contributed by atoms with Crippen LogP contribution in [0.25, 0.3) is 0 Å². The van der Waals surface area contributed by atoms with Crippen LogP contribution in [0.3, 0.4) is 0 Å². The smallest absolute Gasteiger partial charge is 0.236 e. The Bertz CT molecular complexity index is 313. The van der Waals surface area contributed by atoms with Gasteiger partial charge < -0.3 is 14.9 Å². The monoisotopic (exact) mass is 299 g/mol. The van der Waals surface area contributed by atoms with Gasteiger partial charge in [-0.3, -0.25) is 9.69 Å². The number of piperidine rings is 1. The first-order chi connectivity index (χ1) is 9.79. The number of hydrogen-bond donors (Lipinski definition) is 1. The van der Waals surface area contributed by atoms with E-state index in [0.29, 0.717) is 12.5 Å². The molecule has 0 saturated carbocycles. The SMILES string of the molecule is CC(O)CN1CCC(CN(C)CC(=O)N(C)C(C)C)CC1. The van der Waals surface area contributed by atoms with Crippen molar-refractivity contribution in [3.8, 4) is 0 Å². The minimum atomic E-state index is -0.242. The molecule has 0 aliphatic carbocycles. The van der Waals surface area contributed by atoms with Crippen molar-refractivity contribution in [2.45, 2.75) is 45.8 Å². The average molecular weight is 299 g/mol. The van der Waals surface area contributed by atoms with Crippen LogP contribution in [-0.2, 0) is 4.79 Å². The van der Waals surface area contributed by atoms with E-state index in [2.05, 4.69) is 9.80 Å². The third kappa shape index (κ3) is 6.76. The Morgan fingerprint density at radius 1 is 1.24 bits per heavy atom. The van der Waals surface area contributed by atoms with Crippen molar-refractivity contribution >= 4 is 5.91 Å². The van der Waals surface area contributed by atoms with Crippen LogP contribution < -0.4 is 0 Å². The molecular weight excluding hydrogens is 266 g/mol. The van der Waals surface area contributed by atoms with Gasteiger partial charge in [-0.2, -0.15) is 0 Å². The van der Waals surface area contributed by atoms with Crippen LogP contribution in [0.4, 0.5) is 0 Å². The number of aliphatic hydroxyl groups is 1. The zero-order valence-corrected chi connectivity index (χ0v) is 14.4. The van der Waals surface area contributed by atoms with Gasteiger partial charge in [0.1, 0.15) is 0 Å². The summed E-state index contributed by atoms with van der Waals surface area (Å²) in [5.74, 6) is 0.858. The summed E-state index contributed by atoms with van der Waals surface area (Å²) in [4.78, 5) is 18.3. The number of aliphatic hydroxyl groups excluding tert-OH is 1. The highest BCUT2D eigenvalue weighted by Crippen LogP contribution is 2.18. The molecule has 5 nitrogen and oxygen atoms in total. The summed E-state index contributed by atoms with van der Waals surface area (Å²) in [6.07, 6.45) is 2.07. The Hall–Kier alpha value is -0.650. The third-order valence-electron chi connectivity index (χ3n) is 4.37. The summed E-state index contributed by atoms with van der Waals surface area (Å²) in [6.45, 7) is 10.3. The summed E-state index contributed by atoms with van der Waals surface area (Å²) in [5.41, 5.74) is 0. The van der Waals surface area contributed by atoms with Crippen LogP contribution in [0.1, 0.15) is 33.6 Å². The number of rotatable bonds is 7. The molecule has 0 aromatic heterocycles. The van der Waals surface area contributed by atoms with E-state index in [1.165, 1.54) is 0 Å². The molecule has 0 bridgehead atoms. The van der Waals surface area contributed by atoms with Crippen LogP contribution in [-0.4, -0.2) is 84.7 Å². The fraction of sp³-hybridized carbons (Fsp3) is 0.938. The van der Waals surface area contributed by atoms with E-state index in [9.17, 15) is 9.90 Å². The Morgan fingerprint density at radius 2 is 1.81 bits per heavy atom. The second kappa shape index (κ2) is 8.71.